The molecule has 2 atom stereocenters. The lowest BCUT2D eigenvalue weighted by atomic mass is 10.1. The lowest BCUT2D eigenvalue weighted by Gasteiger charge is -2.16. The lowest BCUT2D eigenvalue weighted by molar-refractivity contribution is 0.0474. The van der Waals surface area contributed by atoms with E-state index in [1.807, 2.05) is 40.8 Å². The molecular formula is C10H11IO2. The minimum absolute atomic E-state index is 0.536. The van der Waals surface area contributed by atoms with Gasteiger partial charge < -0.3 is 10.2 Å². The SMILES string of the molecule is C=C(I)[C@H](O)[C@@H](O)c1ccccc1. The molecule has 0 saturated carbocycles. The van der Waals surface area contributed by atoms with Gasteiger partial charge in [0.1, 0.15) is 12.2 Å². The van der Waals surface area contributed by atoms with E-state index in [-0.39, 0.29) is 0 Å². The van der Waals surface area contributed by atoms with Crippen LogP contribution in [0.1, 0.15) is 11.7 Å². The van der Waals surface area contributed by atoms with Crippen LogP contribution in [0.15, 0.2) is 40.5 Å². The second kappa shape index (κ2) is 4.74. The van der Waals surface area contributed by atoms with E-state index in [1.54, 1.807) is 12.1 Å². The Morgan fingerprint density at radius 1 is 1.23 bits per heavy atom. The first-order valence-electron chi connectivity index (χ1n) is 3.88. The first-order valence-corrected chi connectivity index (χ1v) is 4.96. The summed E-state index contributed by atoms with van der Waals surface area (Å²) in [6.45, 7) is 3.58. The standard InChI is InChI=1S/C10H11IO2/c1-7(11)9(12)10(13)8-5-3-2-4-6-8/h2-6,9-10,12-13H,1H2/t9-,10-/m0/s1. The number of hydrogen-bond acceptors (Lipinski definition) is 2. The molecular weight excluding hydrogens is 279 g/mol. The maximum atomic E-state index is 9.64. The predicted octanol–water partition coefficient (Wildman–Crippen LogP) is 2.03. The van der Waals surface area contributed by atoms with Crippen LogP contribution >= 0.6 is 22.6 Å². The third-order valence-electron chi connectivity index (χ3n) is 1.76. The fourth-order valence-electron chi connectivity index (χ4n) is 1.00. The second-order valence-electron chi connectivity index (χ2n) is 2.75. The molecule has 0 bridgehead atoms. The minimum atomic E-state index is -0.900. The zero-order valence-electron chi connectivity index (χ0n) is 7.02. The van der Waals surface area contributed by atoms with Gasteiger partial charge in [-0.05, 0) is 28.2 Å². The quantitative estimate of drug-likeness (QED) is 0.836. The molecule has 0 fully saturated rings. The summed E-state index contributed by atoms with van der Waals surface area (Å²) in [5.74, 6) is 0. The molecule has 0 radical (unpaired) electrons. The Balaban J connectivity index is 2.79. The van der Waals surface area contributed by atoms with Crippen LogP contribution in [-0.2, 0) is 0 Å². The molecule has 0 aliphatic heterocycles. The van der Waals surface area contributed by atoms with E-state index in [1.165, 1.54) is 0 Å². The third kappa shape index (κ3) is 2.79. The van der Waals surface area contributed by atoms with Crippen LogP contribution in [0.25, 0.3) is 0 Å². The molecule has 0 spiro atoms. The first-order chi connectivity index (χ1) is 6.13. The van der Waals surface area contributed by atoms with E-state index in [0.29, 0.717) is 9.14 Å². The second-order valence-corrected chi connectivity index (χ2v) is 4.13. The van der Waals surface area contributed by atoms with Gasteiger partial charge in [0.2, 0.25) is 0 Å². The molecule has 2 nitrogen and oxygen atoms in total. The summed E-state index contributed by atoms with van der Waals surface area (Å²) in [5.41, 5.74) is 0.702. The van der Waals surface area contributed by atoms with Crippen molar-refractivity contribution in [3.05, 3.63) is 46.1 Å². The van der Waals surface area contributed by atoms with Crippen LogP contribution in [0.5, 0.6) is 0 Å². The summed E-state index contributed by atoms with van der Waals surface area (Å²) in [4.78, 5) is 0. The van der Waals surface area contributed by atoms with Gasteiger partial charge in [-0.15, -0.1) is 0 Å². The lowest BCUT2D eigenvalue weighted by Crippen LogP contribution is -2.17. The zero-order chi connectivity index (χ0) is 9.84. The van der Waals surface area contributed by atoms with Gasteiger partial charge in [0, 0.05) is 3.58 Å². The van der Waals surface area contributed by atoms with E-state index >= 15 is 0 Å². The Labute approximate surface area is 91.1 Å². The van der Waals surface area contributed by atoms with E-state index < -0.39 is 12.2 Å². The number of halogens is 1. The normalized spacial score (nSPS) is 15.0. The highest BCUT2D eigenvalue weighted by Gasteiger charge is 2.18. The maximum Gasteiger partial charge on any atom is 0.114 e. The molecule has 0 aliphatic rings. The summed E-state index contributed by atoms with van der Waals surface area (Å²) < 4.78 is 0.536. The predicted molar refractivity (Wildman–Crippen MR) is 60.6 cm³/mol. The summed E-state index contributed by atoms with van der Waals surface area (Å²) in [6.07, 6.45) is -1.78. The Morgan fingerprint density at radius 2 is 1.77 bits per heavy atom. The van der Waals surface area contributed by atoms with E-state index in [4.69, 9.17) is 0 Å². The van der Waals surface area contributed by atoms with Crippen LogP contribution in [0, 0.1) is 0 Å². The average molecular weight is 290 g/mol. The van der Waals surface area contributed by atoms with Crippen molar-refractivity contribution in [2.75, 3.05) is 0 Å². The molecule has 0 unspecified atom stereocenters. The van der Waals surface area contributed by atoms with Gasteiger partial charge in [0.15, 0.2) is 0 Å². The smallest absolute Gasteiger partial charge is 0.114 e. The zero-order valence-corrected chi connectivity index (χ0v) is 9.18. The van der Waals surface area contributed by atoms with Crippen LogP contribution in [0.3, 0.4) is 0 Å². The summed E-state index contributed by atoms with van der Waals surface area (Å²) in [6, 6.07) is 9.05. The van der Waals surface area contributed by atoms with E-state index in [9.17, 15) is 10.2 Å². The number of aliphatic hydroxyl groups excluding tert-OH is 2. The molecule has 0 amide bonds. The van der Waals surface area contributed by atoms with Crippen molar-refractivity contribution in [2.45, 2.75) is 12.2 Å². The van der Waals surface area contributed by atoms with Crippen LogP contribution in [0.2, 0.25) is 0 Å². The number of rotatable bonds is 3. The van der Waals surface area contributed by atoms with Crippen molar-refractivity contribution in [1.82, 2.24) is 0 Å². The van der Waals surface area contributed by atoms with Crippen molar-refractivity contribution in [1.29, 1.82) is 0 Å². The van der Waals surface area contributed by atoms with Gasteiger partial charge in [-0.2, -0.15) is 0 Å². The first kappa shape index (κ1) is 10.7. The van der Waals surface area contributed by atoms with Crippen molar-refractivity contribution < 1.29 is 10.2 Å². The van der Waals surface area contributed by atoms with Crippen molar-refractivity contribution >= 4 is 22.6 Å². The van der Waals surface area contributed by atoms with Crippen molar-refractivity contribution in [2.24, 2.45) is 0 Å². The van der Waals surface area contributed by atoms with E-state index in [2.05, 4.69) is 6.58 Å². The number of aliphatic hydroxyl groups is 2. The largest absolute Gasteiger partial charge is 0.385 e. The van der Waals surface area contributed by atoms with Crippen molar-refractivity contribution in [3.63, 3.8) is 0 Å². The molecule has 3 heteroatoms. The average Bonchev–Trinajstić information content (AvgIpc) is 2.17. The number of hydrogen-bond donors (Lipinski definition) is 2. The molecule has 0 heterocycles. The molecule has 1 aromatic rings. The molecule has 1 aromatic carbocycles. The fourth-order valence-corrected chi connectivity index (χ4v) is 1.34. The van der Waals surface area contributed by atoms with Gasteiger partial charge in [0.05, 0.1) is 0 Å². The number of benzene rings is 1. The van der Waals surface area contributed by atoms with Gasteiger partial charge in [-0.25, -0.2) is 0 Å². The van der Waals surface area contributed by atoms with Crippen molar-refractivity contribution in [3.8, 4) is 0 Å². The summed E-state index contributed by atoms with van der Waals surface area (Å²) in [7, 11) is 0. The molecule has 0 aromatic heterocycles. The molecule has 2 N–H and O–H groups in total. The van der Waals surface area contributed by atoms with E-state index in [0.717, 1.165) is 0 Å². The highest BCUT2D eigenvalue weighted by atomic mass is 127. The molecule has 0 saturated heterocycles. The highest BCUT2D eigenvalue weighted by molar-refractivity contribution is 14.1. The molecule has 1 rings (SSSR count). The monoisotopic (exact) mass is 290 g/mol. The van der Waals surface area contributed by atoms with Crippen LogP contribution in [0.4, 0.5) is 0 Å². The fraction of sp³-hybridized carbons (Fsp3) is 0.200. The molecule has 0 aliphatic carbocycles. The van der Waals surface area contributed by atoms with Gasteiger partial charge in [0.25, 0.3) is 0 Å². The third-order valence-corrected chi connectivity index (χ3v) is 2.40. The maximum absolute atomic E-state index is 9.64. The summed E-state index contributed by atoms with van der Waals surface area (Å²) in [5, 5.41) is 19.1. The summed E-state index contributed by atoms with van der Waals surface area (Å²) >= 11 is 1.91. The minimum Gasteiger partial charge on any atom is -0.385 e. The van der Waals surface area contributed by atoms with Gasteiger partial charge >= 0.3 is 0 Å². The van der Waals surface area contributed by atoms with Gasteiger partial charge in [-0.3, -0.25) is 0 Å². The molecule has 70 valence electrons. The Bertz CT molecular complexity index is 284. The Morgan fingerprint density at radius 3 is 2.23 bits per heavy atom. The van der Waals surface area contributed by atoms with Gasteiger partial charge in [-0.1, -0.05) is 36.9 Å². The molecule has 13 heavy (non-hydrogen) atoms. The topological polar surface area (TPSA) is 40.5 Å². The highest BCUT2D eigenvalue weighted by Crippen LogP contribution is 2.23. The Kier molecular flexibility index (Phi) is 3.90. The van der Waals surface area contributed by atoms with Crippen LogP contribution < -0.4 is 0 Å². The van der Waals surface area contributed by atoms with Crippen LogP contribution in [-0.4, -0.2) is 16.3 Å². The Hall–Kier alpha value is -0.390.